The summed E-state index contributed by atoms with van der Waals surface area (Å²) in [4.78, 5) is 24.2. The van der Waals surface area contributed by atoms with Gasteiger partial charge in [-0.1, -0.05) is 12.2 Å². The van der Waals surface area contributed by atoms with Crippen molar-refractivity contribution < 1.29 is 23.9 Å². The molecular weight excluding hydrogens is 528 g/mol. The molecule has 0 unspecified atom stereocenters. The summed E-state index contributed by atoms with van der Waals surface area (Å²) < 4.78 is 16.2. The number of benzene rings is 3. The van der Waals surface area contributed by atoms with Crippen LogP contribution in [0.15, 0.2) is 93.3 Å². The van der Waals surface area contributed by atoms with Crippen LogP contribution in [0.4, 0.5) is 34.1 Å². The van der Waals surface area contributed by atoms with Crippen LogP contribution in [0.3, 0.4) is 0 Å². The van der Waals surface area contributed by atoms with Crippen LogP contribution in [0.25, 0.3) is 0 Å². The third kappa shape index (κ3) is 8.95. The van der Waals surface area contributed by atoms with Gasteiger partial charge in [-0.15, -0.1) is 10.2 Å². The van der Waals surface area contributed by atoms with Crippen molar-refractivity contribution in [2.45, 2.75) is 20.3 Å². The topological polar surface area (TPSA) is 141 Å². The lowest BCUT2D eigenvalue weighted by Crippen LogP contribution is -2.27. The number of anilines is 1. The molecule has 0 fully saturated rings. The molecule has 41 heavy (non-hydrogen) atoms. The maximum absolute atomic E-state index is 11.7. The summed E-state index contributed by atoms with van der Waals surface area (Å²) in [5.74, 6) is 0.516. The molecule has 0 aliphatic rings. The molecular formula is C29H32N6O6. The number of nitro benzene ring substituents is 1. The Morgan fingerprint density at radius 2 is 1.41 bits per heavy atom. The van der Waals surface area contributed by atoms with Gasteiger partial charge in [0.25, 0.3) is 5.69 Å². The highest BCUT2D eigenvalue weighted by atomic mass is 16.6. The first-order chi connectivity index (χ1) is 19.7. The van der Waals surface area contributed by atoms with E-state index in [0.717, 1.165) is 17.8 Å². The smallest absolute Gasteiger partial charge is 0.309 e. The van der Waals surface area contributed by atoms with Crippen LogP contribution in [-0.4, -0.2) is 44.8 Å². The first-order valence-corrected chi connectivity index (χ1v) is 12.7. The Labute approximate surface area is 238 Å². The van der Waals surface area contributed by atoms with Gasteiger partial charge in [0.05, 0.1) is 43.5 Å². The van der Waals surface area contributed by atoms with E-state index in [0.29, 0.717) is 40.8 Å². The number of carbonyl (C=O) groups is 1. The standard InChI is InChI=1S/C29H32N6O6/c1-6-34(15-16-41-29(36)17-20(2)3)23-11-7-21(8-12-23)30-32-25-18-28(40-5)26(19-27(25)39-4)33-31-22-9-13-24(14-10-22)35(37)38/h7-14,18-19H,2,6,15-17H2,1,3-5H3/b32-30+,33-31+. The summed E-state index contributed by atoms with van der Waals surface area (Å²) in [6, 6.07) is 16.5. The quantitative estimate of drug-likeness (QED) is 0.0644. The molecule has 0 aliphatic carbocycles. The molecule has 0 aliphatic heterocycles. The third-order valence-electron chi connectivity index (χ3n) is 5.75. The van der Waals surface area contributed by atoms with Crippen molar-refractivity contribution in [1.29, 1.82) is 0 Å². The van der Waals surface area contributed by atoms with Crippen molar-refractivity contribution in [3.05, 3.63) is 82.9 Å². The number of hydrogen-bond donors (Lipinski definition) is 0. The van der Waals surface area contributed by atoms with Gasteiger partial charge >= 0.3 is 5.97 Å². The molecule has 0 saturated heterocycles. The number of likely N-dealkylation sites (N-methyl/N-ethyl adjacent to an activating group) is 1. The number of hydrogen-bond acceptors (Lipinski definition) is 11. The number of azo groups is 2. The summed E-state index contributed by atoms with van der Waals surface area (Å²) in [6.07, 6.45) is 0.220. The fourth-order valence-corrected chi connectivity index (χ4v) is 3.65. The van der Waals surface area contributed by atoms with Gasteiger partial charge in [0, 0.05) is 36.5 Å². The Balaban J connectivity index is 1.71. The molecule has 12 nitrogen and oxygen atoms in total. The highest BCUT2D eigenvalue weighted by Gasteiger charge is 2.12. The van der Waals surface area contributed by atoms with Gasteiger partial charge in [-0.25, -0.2) is 0 Å². The van der Waals surface area contributed by atoms with Crippen molar-refractivity contribution in [1.82, 2.24) is 0 Å². The average Bonchev–Trinajstić information content (AvgIpc) is 2.97. The number of nitrogens with zero attached hydrogens (tertiary/aromatic N) is 6. The van der Waals surface area contributed by atoms with E-state index < -0.39 is 4.92 Å². The minimum atomic E-state index is -0.482. The molecule has 0 spiro atoms. The maximum Gasteiger partial charge on any atom is 0.309 e. The molecule has 0 bridgehead atoms. The predicted octanol–water partition coefficient (Wildman–Crippen LogP) is 7.78. The summed E-state index contributed by atoms with van der Waals surface area (Å²) >= 11 is 0. The van der Waals surface area contributed by atoms with Crippen molar-refractivity contribution in [2.24, 2.45) is 20.5 Å². The second kappa shape index (κ2) is 14.9. The Morgan fingerprint density at radius 3 is 1.85 bits per heavy atom. The van der Waals surface area contributed by atoms with Gasteiger partial charge in [-0.2, -0.15) is 10.2 Å². The summed E-state index contributed by atoms with van der Waals surface area (Å²) in [6.45, 7) is 9.13. The second-order valence-electron chi connectivity index (χ2n) is 8.82. The molecule has 0 heterocycles. The maximum atomic E-state index is 11.7. The molecule has 3 rings (SSSR count). The molecule has 0 radical (unpaired) electrons. The Morgan fingerprint density at radius 1 is 0.902 bits per heavy atom. The molecule has 3 aromatic carbocycles. The Kier molecular flexibility index (Phi) is 11.0. The normalized spacial score (nSPS) is 11.0. The molecule has 214 valence electrons. The number of esters is 1. The number of carbonyl (C=O) groups excluding carboxylic acids is 1. The summed E-state index contributed by atoms with van der Waals surface area (Å²) in [7, 11) is 3.00. The first kappa shape index (κ1) is 30.4. The van der Waals surface area contributed by atoms with E-state index in [4.69, 9.17) is 14.2 Å². The number of nitro groups is 1. The van der Waals surface area contributed by atoms with Crippen molar-refractivity contribution in [3.63, 3.8) is 0 Å². The van der Waals surface area contributed by atoms with Crippen LogP contribution in [0.5, 0.6) is 11.5 Å². The van der Waals surface area contributed by atoms with E-state index in [-0.39, 0.29) is 24.7 Å². The highest BCUT2D eigenvalue weighted by Crippen LogP contribution is 2.41. The van der Waals surface area contributed by atoms with Crippen molar-refractivity contribution in [3.8, 4) is 11.5 Å². The van der Waals surface area contributed by atoms with Crippen LogP contribution < -0.4 is 14.4 Å². The Hall–Kier alpha value is -5.13. The van der Waals surface area contributed by atoms with Crippen LogP contribution in [0.1, 0.15) is 20.3 Å². The van der Waals surface area contributed by atoms with E-state index in [1.165, 1.54) is 38.5 Å². The second-order valence-corrected chi connectivity index (χ2v) is 8.82. The number of rotatable bonds is 14. The molecule has 0 amide bonds. The lowest BCUT2D eigenvalue weighted by atomic mass is 10.2. The first-order valence-electron chi connectivity index (χ1n) is 12.7. The van der Waals surface area contributed by atoms with Gasteiger partial charge in [0.1, 0.15) is 29.5 Å². The van der Waals surface area contributed by atoms with Crippen molar-refractivity contribution in [2.75, 3.05) is 38.8 Å². The van der Waals surface area contributed by atoms with Gasteiger partial charge in [-0.3, -0.25) is 14.9 Å². The summed E-state index contributed by atoms with van der Waals surface area (Å²) in [5.41, 5.74) is 3.57. The van der Waals surface area contributed by atoms with E-state index in [1.54, 1.807) is 19.1 Å². The SMILES string of the molecule is C=C(C)CC(=O)OCCN(CC)c1ccc(/N=N/c2cc(OC)c(/N=N/c3ccc([N+](=O)[O-])cc3)cc2OC)cc1. The lowest BCUT2D eigenvalue weighted by Gasteiger charge is -2.23. The Bertz CT molecular complexity index is 1420. The van der Waals surface area contributed by atoms with Crippen LogP contribution in [0, 0.1) is 10.1 Å². The summed E-state index contributed by atoms with van der Waals surface area (Å²) in [5, 5.41) is 27.8. The van der Waals surface area contributed by atoms with Gasteiger partial charge < -0.3 is 19.1 Å². The third-order valence-corrected chi connectivity index (χ3v) is 5.75. The molecule has 0 N–H and O–H groups in total. The molecule has 0 aromatic heterocycles. The number of methoxy groups -OCH3 is 2. The number of ether oxygens (including phenoxy) is 3. The van der Waals surface area contributed by atoms with Crippen LogP contribution in [0.2, 0.25) is 0 Å². The lowest BCUT2D eigenvalue weighted by molar-refractivity contribution is -0.384. The highest BCUT2D eigenvalue weighted by molar-refractivity contribution is 5.72. The van der Waals surface area contributed by atoms with E-state index in [2.05, 4.69) is 31.9 Å². The zero-order valence-electron chi connectivity index (χ0n) is 23.4. The minimum Gasteiger partial charge on any atom is -0.494 e. The van der Waals surface area contributed by atoms with Gasteiger partial charge in [0.15, 0.2) is 0 Å². The fraction of sp³-hybridized carbons (Fsp3) is 0.276. The predicted molar refractivity (Wildman–Crippen MR) is 156 cm³/mol. The van der Waals surface area contributed by atoms with Gasteiger partial charge in [-0.05, 0) is 50.2 Å². The molecule has 0 saturated carbocycles. The zero-order chi connectivity index (χ0) is 29.8. The minimum absolute atomic E-state index is 0.0347. The largest absolute Gasteiger partial charge is 0.494 e. The fourth-order valence-electron chi connectivity index (χ4n) is 3.65. The van der Waals surface area contributed by atoms with Crippen LogP contribution >= 0.6 is 0 Å². The monoisotopic (exact) mass is 560 g/mol. The number of non-ortho nitro benzene ring substituents is 1. The average molecular weight is 561 g/mol. The van der Waals surface area contributed by atoms with E-state index >= 15 is 0 Å². The van der Waals surface area contributed by atoms with Crippen molar-refractivity contribution >= 4 is 40.1 Å². The zero-order valence-corrected chi connectivity index (χ0v) is 23.4. The molecule has 3 aromatic rings. The van der Waals surface area contributed by atoms with Gasteiger partial charge in [0.2, 0.25) is 0 Å². The van der Waals surface area contributed by atoms with E-state index in [9.17, 15) is 14.9 Å². The molecule has 0 atom stereocenters. The molecule has 12 heteroatoms. The van der Waals surface area contributed by atoms with E-state index in [1.807, 2.05) is 31.2 Å². The van der Waals surface area contributed by atoms with Crippen LogP contribution in [-0.2, 0) is 9.53 Å².